The van der Waals surface area contributed by atoms with Crippen LogP contribution in [0.1, 0.15) is 66.3 Å². The van der Waals surface area contributed by atoms with E-state index in [1.807, 2.05) is 0 Å². The molecule has 0 heterocycles. The molecular weight excluding hydrogens is 538 g/mol. The molecule has 1 N–H and O–H groups in total. The van der Waals surface area contributed by atoms with E-state index in [1.54, 1.807) is 6.92 Å². The summed E-state index contributed by atoms with van der Waals surface area (Å²) in [6.45, 7) is 5.09. The molecule has 2 atom stereocenters. The minimum atomic E-state index is 0.0147. The van der Waals surface area contributed by atoms with Gasteiger partial charge in [0.05, 0.1) is 6.61 Å². The second-order valence-corrected chi connectivity index (χ2v) is 12.2. The number of hydrogen-bond donors (Lipinski definition) is 1. The molecule has 0 aromatic heterocycles. The number of hydrogen-bond acceptors (Lipinski definition) is 2. The van der Waals surface area contributed by atoms with Gasteiger partial charge in [0.2, 0.25) is 5.91 Å². The van der Waals surface area contributed by atoms with Gasteiger partial charge >= 0.3 is 0 Å². The van der Waals surface area contributed by atoms with Crippen molar-refractivity contribution in [3.63, 3.8) is 0 Å². The highest BCUT2D eigenvalue weighted by molar-refractivity contribution is 6.10. The molecule has 1 aliphatic rings. The van der Waals surface area contributed by atoms with Crippen LogP contribution in [0.5, 0.6) is 5.75 Å². The highest BCUT2D eigenvalue weighted by Crippen LogP contribution is 2.48. The van der Waals surface area contributed by atoms with Gasteiger partial charge in [0.1, 0.15) is 5.75 Å². The second kappa shape index (κ2) is 12.2. The van der Waals surface area contributed by atoms with Crippen LogP contribution < -0.4 is 10.1 Å². The van der Waals surface area contributed by atoms with Crippen molar-refractivity contribution in [2.75, 3.05) is 13.2 Å². The molecule has 1 amide bonds. The molecule has 2 unspecified atom stereocenters. The first-order chi connectivity index (χ1) is 21.6. The lowest BCUT2D eigenvalue weighted by Crippen LogP contribution is -2.24. The van der Waals surface area contributed by atoms with Crippen LogP contribution in [0.4, 0.5) is 0 Å². The molecule has 3 nitrogen and oxygen atoms in total. The van der Waals surface area contributed by atoms with Crippen LogP contribution in [-0.4, -0.2) is 19.1 Å². The molecule has 6 aromatic carbocycles. The summed E-state index contributed by atoms with van der Waals surface area (Å²) in [6.07, 6.45) is 3.86. The lowest BCUT2D eigenvalue weighted by Gasteiger charge is -2.35. The predicted octanol–water partition coefficient (Wildman–Crippen LogP) is 9.48. The Morgan fingerprint density at radius 1 is 0.750 bits per heavy atom. The number of amides is 1. The first-order valence-electron chi connectivity index (χ1n) is 16.0. The van der Waals surface area contributed by atoms with E-state index in [0.29, 0.717) is 12.5 Å². The van der Waals surface area contributed by atoms with Crippen LogP contribution in [0, 0.1) is 0 Å². The fraction of sp³-hybridized carbons (Fsp3) is 0.244. The van der Waals surface area contributed by atoms with Crippen LogP contribution in [-0.2, 0) is 17.6 Å². The topological polar surface area (TPSA) is 38.3 Å². The zero-order chi connectivity index (χ0) is 30.0. The van der Waals surface area contributed by atoms with Crippen molar-refractivity contribution in [3.05, 3.63) is 137 Å². The van der Waals surface area contributed by atoms with Crippen molar-refractivity contribution in [2.24, 2.45) is 0 Å². The third-order valence-corrected chi connectivity index (χ3v) is 9.45. The third kappa shape index (κ3) is 5.21. The minimum Gasteiger partial charge on any atom is -0.493 e. The van der Waals surface area contributed by atoms with Crippen molar-refractivity contribution in [1.82, 2.24) is 5.32 Å². The Morgan fingerprint density at radius 3 is 2.32 bits per heavy atom. The van der Waals surface area contributed by atoms with Gasteiger partial charge in [0.25, 0.3) is 0 Å². The van der Waals surface area contributed by atoms with Crippen LogP contribution in [0.3, 0.4) is 0 Å². The average molecular weight is 578 g/mol. The molecule has 3 heteroatoms. The van der Waals surface area contributed by atoms with Crippen molar-refractivity contribution in [2.45, 2.75) is 51.4 Å². The molecule has 7 rings (SSSR count). The first kappa shape index (κ1) is 28.2. The zero-order valence-corrected chi connectivity index (χ0v) is 25.6. The summed E-state index contributed by atoms with van der Waals surface area (Å²) in [5.74, 6) is 1.63. The summed E-state index contributed by atoms with van der Waals surface area (Å²) in [5, 5.41) is 10.6. The lowest BCUT2D eigenvalue weighted by atomic mass is 9.69. The molecule has 44 heavy (non-hydrogen) atoms. The maximum Gasteiger partial charge on any atom is 0.216 e. The van der Waals surface area contributed by atoms with Gasteiger partial charge < -0.3 is 10.1 Å². The quantitative estimate of drug-likeness (QED) is 0.183. The van der Waals surface area contributed by atoms with E-state index in [2.05, 4.69) is 121 Å². The molecule has 0 bridgehead atoms. The second-order valence-electron chi connectivity index (χ2n) is 12.2. The molecule has 0 saturated carbocycles. The standard InChI is InChI=1S/C41H39NO2/c1-3-24-44-41-15-9-14-32-33-18-19-36-39(34-17-16-29-12-7-8-13-31(29)37(34)22-23-42-27(2)43)25-30(28-10-5-4-6-11-28)26-40(36)35(33)20-21-38(32)41/h4-21,30,39H,3,22-26H2,1-2H3,(H,42,43). The third-order valence-electron chi connectivity index (χ3n) is 9.45. The number of nitrogens with one attached hydrogen (secondary N) is 1. The van der Waals surface area contributed by atoms with Crippen LogP contribution in [0.25, 0.3) is 32.3 Å². The zero-order valence-electron chi connectivity index (χ0n) is 25.6. The Bertz CT molecular complexity index is 1980. The number of carbonyl (C=O) groups excluding carboxylic acids is 1. The highest BCUT2D eigenvalue weighted by Gasteiger charge is 2.32. The van der Waals surface area contributed by atoms with Gasteiger partial charge in [-0.15, -0.1) is 0 Å². The number of fused-ring (bicyclic) bond motifs is 6. The molecule has 0 spiro atoms. The van der Waals surface area contributed by atoms with Gasteiger partial charge in [-0.3, -0.25) is 4.79 Å². The Labute approximate surface area is 259 Å². The fourth-order valence-electron chi connectivity index (χ4n) is 7.45. The molecule has 0 fully saturated rings. The summed E-state index contributed by atoms with van der Waals surface area (Å²) in [5.41, 5.74) is 7.01. The maximum absolute atomic E-state index is 11.8. The van der Waals surface area contributed by atoms with Gasteiger partial charge in [0, 0.05) is 24.8 Å². The molecule has 6 aromatic rings. The number of rotatable bonds is 8. The van der Waals surface area contributed by atoms with Gasteiger partial charge in [-0.05, 0) is 92.4 Å². The van der Waals surface area contributed by atoms with E-state index in [0.717, 1.165) is 38.0 Å². The van der Waals surface area contributed by atoms with Crippen molar-refractivity contribution in [1.29, 1.82) is 0 Å². The molecular formula is C41H39NO2. The van der Waals surface area contributed by atoms with E-state index in [9.17, 15) is 4.79 Å². The van der Waals surface area contributed by atoms with E-state index >= 15 is 0 Å². The summed E-state index contributed by atoms with van der Waals surface area (Å²) in [7, 11) is 0. The molecule has 0 aliphatic heterocycles. The normalized spacial score (nSPS) is 16.2. The fourth-order valence-corrected chi connectivity index (χ4v) is 7.45. The summed E-state index contributed by atoms with van der Waals surface area (Å²) >= 11 is 0. The smallest absolute Gasteiger partial charge is 0.216 e. The number of benzene rings is 6. The van der Waals surface area contributed by atoms with E-state index in [4.69, 9.17) is 4.74 Å². The number of carbonyl (C=O) groups is 1. The SMILES string of the molecule is CCCOc1cccc2c1ccc1c3c(ccc12)C(c1ccc2ccccc2c1CCNC(C)=O)CC(c1ccccc1)C3. The minimum absolute atomic E-state index is 0.0147. The Hall–Kier alpha value is -4.63. The van der Waals surface area contributed by atoms with Crippen molar-refractivity contribution >= 4 is 38.2 Å². The summed E-state index contributed by atoms with van der Waals surface area (Å²) in [4.78, 5) is 11.8. The molecule has 0 saturated heterocycles. The summed E-state index contributed by atoms with van der Waals surface area (Å²) < 4.78 is 6.15. The van der Waals surface area contributed by atoms with Crippen LogP contribution >= 0.6 is 0 Å². The Kier molecular flexibility index (Phi) is 7.78. The number of ether oxygens (including phenoxy) is 1. The Balaban J connectivity index is 1.42. The van der Waals surface area contributed by atoms with Gasteiger partial charge in [-0.25, -0.2) is 0 Å². The summed E-state index contributed by atoms with van der Waals surface area (Å²) in [6, 6.07) is 40.1. The van der Waals surface area contributed by atoms with Crippen molar-refractivity contribution < 1.29 is 9.53 Å². The molecule has 1 aliphatic carbocycles. The van der Waals surface area contributed by atoms with E-state index < -0.39 is 0 Å². The maximum atomic E-state index is 11.8. The van der Waals surface area contributed by atoms with Crippen LogP contribution in [0.2, 0.25) is 0 Å². The largest absolute Gasteiger partial charge is 0.493 e. The Morgan fingerprint density at radius 2 is 1.48 bits per heavy atom. The lowest BCUT2D eigenvalue weighted by molar-refractivity contribution is -0.118. The van der Waals surface area contributed by atoms with Gasteiger partial charge in [-0.1, -0.05) is 110 Å². The molecule has 0 radical (unpaired) electrons. The van der Waals surface area contributed by atoms with Crippen LogP contribution in [0.15, 0.2) is 109 Å². The predicted molar refractivity (Wildman–Crippen MR) is 183 cm³/mol. The highest BCUT2D eigenvalue weighted by atomic mass is 16.5. The average Bonchev–Trinajstić information content (AvgIpc) is 3.06. The van der Waals surface area contributed by atoms with Crippen molar-refractivity contribution in [3.8, 4) is 5.75 Å². The monoisotopic (exact) mass is 577 g/mol. The van der Waals surface area contributed by atoms with Gasteiger partial charge in [-0.2, -0.15) is 0 Å². The first-order valence-corrected chi connectivity index (χ1v) is 16.0. The van der Waals surface area contributed by atoms with E-state index in [1.165, 1.54) is 60.1 Å². The van der Waals surface area contributed by atoms with E-state index in [-0.39, 0.29) is 11.8 Å². The molecule has 220 valence electrons. The van der Waals surface area contributed by atoms with Gasteiger partial charge in [0.15, 0.2) is 0 Å².